The number of aliphatic carboxylic acids is 1. The third-order valence-corrected chi connectivity index (χ3v) is 3.45. The Bertz CT molecular complexity index is 361. The standard InChI is InChI=1S/C14H26N2O5/c1-10(2)7-20-6-4-5-15-13(19)16-11-8-21-9-14(11,3)12(17)18/h10-11H,4-9H2,1-3H3,(H,17,18)(H2,15,16,19). The van der Waals surface area contributed by atoms with Crippen molar-refractivity contribution in [2.45, 2.75) is 33.2 Å². The number of carboxylic acids is 1. The summed E-state index contributed by atoms with van der Waals surface area (Å²) >= 11 is 0. The first-order valence-electron chi connectivity index (χ1n) is 7.29. The fourth-order valence-corrected chi connectivity index (χ4v) is 1.99. The third-order valence-electron chi connectivity index (χ3n) is 3.45. The molecule has 7 heteroatoms. The predicted octanol–water partition coefficient (Wildman–Crippen LogP) is 0.838. The maximum atomic E-state index is 11.7. The maximum absolute atomic E-state index is 11.7. The summed E-state index contributed by atoms with van der Waals surface area (Å²) in [6.07, 6.45) is 0.720. The van der Waals surface area contributed by atoms with Gasteiger partial charge in [0.15, 0.2) is 0 Å². The van der Waals surface area contributed by atoms with Gasteiger partial charge < -0.3 is 25.2 Å². The number of hydrogen-bond donors (Lipinski definition) is 3. The summed E-state index contributed by atoms with van der Waals surface area (Å²) in [5, 5.41) is 14.6. The fraction of sp³-hybridized carbons (Fsp3) is 0.857. The van der Waals surface area contributed by atoms with E-state index in [0.29, 0.717) is 25.7 Å². The van der Waals surface area contributed by atoms with Crippen LogP contribution in [0.2, 0.25) is 0 Å². The minimum Gasteiger partial charge on any atom is -0.481 e. The number of ether oxygens (including phenoxy) is 2. The summed E-state index contributed by atoms with van der Waals surface area (Å²) < 4.78 is 10.6. The number of urea groups is 1. The highest BCUT2D eigenvalue weighted by Gasteiger charge is 2.47. The number of carbonyl (C=O) groups excluding carboxylic acids is 1. The molecule has 2 unspecified atom stereocenters. The van der Waals surface area contributed by atoms with Gasteiger partial charge in [-0.3, -0.25) is 4.79 Å². The van der Waals surface area contributed by atoms with Crippen molar-refractivity contribution >= 4 is 12.0 Å². The first-order chi connectivity index (χ1) is 9.86. The van der Waals surface area contributed by atoms with Crippen molar-refractivity contribution in [3.05, 3.63) is 0 Å². The van der Waals surface area contributed by atoms with E-state index in [1.807, 2.05) is 0 Å². The SMILES string of the molecule is CC(C)COCCCNC(=O)NC1COCC1(C)C(=O)O. The lowest BCUT2D eigenvalue weighted by Gasteiger charge is -2.25. The molecule has 0 radical (unpaired) electrons. The first-order valence-corrected chi connectivity index (χ1v) is 7.29. The Labute approximate surface area is 125 Å². The van der Waals surface area contributed by atoms with Crippen LogP contribution in [0.5, 0.6) is 0 Å². The molecular formula is C14H26N2O5. The van der Waals surface area contributed by atoms with Gasteiger partial charge in [0.25, 0.3) is 0 Å². The zero-order chi connectivity index (χ0) is 15.9. The summed E-state index contributed by atoms with van der Waals surface area (Å²) in [5.41, 5.74) is -1.07. The van der Waals surface area contributed by atoms with E-state index in [0.717, 1.165) is 6.42 Å². The Morgan fingerprint density at radius 1 is 1.48 bits per heavy atom. The van der Waals surface area contributed by atoms with E-state index < -0.39 is 17.4 Å². The molecule has 1 fully saturated rings. The predicted molar refractivity (Wildman–Crippen MR) is 77.2 cm³/mol. The fourth-order valence-electron chi connectivity index (χ4n) is 1.99. The Morgan fingerprint density at radius 3 is 2.81 bits per heavy atom. The summed E-state index contributed by atoms with van der Waals surface area (Å²) in [4.78, 5) is 23.0. The van der Waals surface area contributed by atoms with Crippen LogP contribution < -0.4 is 10.6 Å². The van der Waals surface area contributed by atoms with Gasteiger partial charge >= 0.3 is 12.0 Å². The number of hydrogen-bond acceptors (Lipinski definition) is 4. The van der Waals surface area contributed by atoms with Crippen LogP contribution in [0.15, 0.2) is 0 Å². The van der Waals surface area contributed by atoms with E-state index in [-0.39, 0.29) is 19.2 Å². The molecule has 1 rings (SSSR count). The lowest BCUT2D eigenvalue weighted by atomic mass is 9.85. The minimum absolute atomic E-state index is 0.107. The topological polar surface area (TPSA) is 96.9 Å². The van der Waals surface area contributed by atoms with Crippen molar-refractivity contribution < 1.29 is 24.2 Å². The van der Waals surface area contributed by atoms with Gasteiger partial charge in [0.1, 0.15) is 5.41 Å². The third kappa shape index (κ3) is 5.51. The smallest absolute Gasteiger partial charge is 0.315 e. The van der Waals surface area contributed by atoms with Gasteiger partial charge in [0.2, 0.25) is 0 Å². The largest absolute Gasteiger partial charge is 0.481 e. The number of rotatable bonds is 8. The summed E-state index contributed by atoms with van der Waals surface area (Å²) in [6.45, 7) is 7.85. The monoisotopic (exact) mass is 302 g/mol. The lowest BCUT2D eigenvalue weighted by molar-refractivity contribution is -0.148. The highest BCUT2D eigenvalue weighted by molar-refractivity contribution is 5.79. The second-order valence-electron chi connectivity index (χ2n) is 6.01. The van der Waals surface area contributed by atoms with E-state index in [4.69, 9.17) is 9.47 Å². The van der Waals surface area contributed by atoms with Crippen molar-refractivity contribution in [1.82, 2.24) is 10.6 Å². The highest BCUT2D eigenvalue weighted by Crippen LogP contribution is 2.28. The summed E-state index contributed by atoms with van der Waals surface area (Å²) in [7, 11) is 0. The number of carbonyl (C=O) groups is 2. The quantitative estimate of drug-likeness (QED) is 0.577. The van der Waals surface area contributed by atoms with Crippen LogP contribution in [0, 0.1) is 11.3 Å². The Hall–Kier alpha value is -1.34. The van der Waals surface area contributed by atoms with Gasteiger partial charge in [-0.15, -0.1) is 0 Å². The number of nitrogens with one attached hydrogen (secondary N) is 2. The summed E-state index contributed by atoms with van der Waals surface area (Å²) in [6, 6.07) is -0.894. The highest BCUT2D eigenvalue weighted by atomic mass is 16.5. The van der Waals surface area contributed by atoms with E-state index in [1.165, 1.54) is 0 Å². The first kappa shape index (κ1) is 17.7. The number of amides is 2. The summed E-state index contributed by atoms with van der Waals surface area (Å²) in [5.74, 6) is -0.468. The van der Waals surface area contributed by atoms with Crippen molar-refractivity contribution in [3.63, 3.8) is 0 Å². The molecule has 0 aromatic carbocycles. The Kier molecular flexibility index (Phi) is 6.91. The molecule has 1 heterocycles. The molecule has 0 aromatic heterocycles. The van der Waals surface area contributed by atoms with Crippen LogP contribution in [0.25, 0.3) is 0 Å². The van der Waals surface area contributed by atoms with Gasteiger partial charge in [0, 0.05) is 19.8 Å². The van der Waals surface area contributed by atoms with Crippen LogP contribution in [0.4, 0.5) is 4.79 Å². The maximum Gasteiger partial charge on any atom is 0.315 e. The molecular weight excluding hydrogens is 276 g/mol. The van der Waals surface area contributed by atoms with Gasteiger partial charge in [-0.05, 0) is 19.3 Å². The minimum atomic E-state index is -1.07. The molecule has 1 aliphatic rings. The molecule has 0 saturated carbocycles. The van der Waals surface area contributed by atoms with Gasteiger partial charge in [-0.2, -0.15) is 0 Å². The van der Waals surface area contributed by atoms with E-state index in [2.05, 4.69) is 24.5 Å². The average molecular weight is 302 g/mol. The zero-order valence-corrected chi connectivity index (χ0v) is 13.0. The van der Waals surface area contributed by atoms with Crippen LogP contribution in [0.1, 0.15) is 27.2 Å². The average Bonchev–Trinajstić information content (AvgIpc) is 2.76. The normalized spacial score (nSPS) is 25.0. The van der Waals surface area contributed by atoms with Crippen molar-refractivity contribution in [1.29, 1.82) is 0 Å². The second kappa shape index (κ2) is 8.19. The van der Waals surface area contributed by atoms with E-state index in [9.17, 15) is 14.7 Å². The molecule has 0 spiro atoms. The number of carboxylic acid groups (broad SMARTS) is 1. The molecule has 1 saturated heterocycles. The molecule has 0 bridgehead atoms. The van der Waals surface area contributed by atoms with Gasteiger partial charge in [-0.1, -0.05) is 13.8 Å². The van der Waals surface area contributed by atoms with Crippen molar-refractivity contribution in [2.75, 3.05) is 33.0 Å². The van der Waals surface area contributed by atoms with Gasteiger partial charge in [0.05, 0.1) is 19.3 Å². The van der Waals surface area contributed by atoms with Crippen LogP contribution >= 0.6 is 0 Å². The second-order valence-corrected chi connectivity index (χ2v) is 6.01. The van der Waals surface area contributed by atoms with Crippen LogP contribution in [0.3, 0.4) is 0 Å². The molecule has 122 valence electrons. The molecule has 3 N–H and O–H groups in total. The van der Waals surface area contributed by atoms with Gasteiger partial charge in [-0.25, -0.2) is 4.79 Å². The van der Waals surface area contributed by atoms with Crippen molar-refractivity contribution in [3.8, 4) is 0 Å². The lowest BCUT2D eigenvalue weighted by Crippen LogP contribution is -2.52. The zero-order valence-electron chi connectivity index (χ0n) is 13.0. The van der Waals surface area contributed by atoms with E-state index >= 15 is 0 Å². The van der Waals surface area contributed by atoms with Crippen LogP contribution in [-0.2, 0) is 14.3 Å². The molecule has 2 amide bonds. The molecule has 7 nitrogen and oxygen atoms in total. The Balaban J connectivity index is 2.20. The van der Waals surface area contributed by atoms with E-state index in [1.54, 1.807) is 6.92 Å². The molecule has 0 aromatic rings. The Morgan fingerprint density at radius 2 is 2.19 bits per heavy atom. The van der Waals surface area contributed by atoms with Crippen LogP contribution in [-0.4, -0.2) is 56.1 Å². The molecule has 2 atom stereocenters. The van der Waals surface area contributed by atoms with Crippen molar-refractivity contribution in [2.24, 2.45) is 11.3 Å². The molecule has 1 aliphatic heterocycles. The molecule has 21 heavy (non-hydrogen) atoms. The molecule has 0 aliphatic carbocycles.